The average Bonchev–Trinajstić information content (AvgIpc) is 2.81. The van der Waals surface area contributed by atoms with Crippen molar-refractivity contribution in [2.45, 2.75) is 46.7 Å². The van der Waals surface area contributed by atoms with E-state index in [9.17, 15) is 0 Å². The highest BCUT2D eigenvalue weighted by atomic mass is 15.3. The van der Waals surface area contributed by atoms with Gasteiger partial charge in [-0.05, 0) is 43.9 Å². The van der Waals surface area contributed by atoms with E-state index in [4.69, 9.17) is 5.73 Å². The van der Waals surface area contributed by atoms with Crippen molar-refractivity contribution in [2.75, 3.05) is 0 Å². The number of hydrogen-bond donors (Lipinski definition) is 1. The number of hydrogen-bond acceptors (Lipinski definition) is 2. The first-order valence-electron chi connectivity index (χ1n) is 6.86. The highest BCUT2D eigenvalue weighted by Crippen LogP contribution is 2.18. The van der Waals surface area contributed by atoms with E-state index in [1.54, 1.807) is 0 Å². The Labute approximate surface area is 115 Å². The zero-order valence-corrected chi connectivity index (χ0v) is 12.3. The van der Waals surface area contributed by atoms with Crippen LogP contribution in [0.5, 0.6) is 0 Å². The van der Waals surface area contributed by atoms with Gasteiger partial charge in [0.05, 0.1) is 12.7 Å². The van der Waals surface area contributed by atoms with Gasteiger partial charge in [-0.1, -0.05) is 24.6 Å². The third-order valence-electron chi connectivity index (χ3n) is 3.68. The Morgan fingerprint density at radius 3 is 2.42 bits per heavy atom. The predicted molar refractivity (Wildman–Crippen MR) is 79.2 cm³/mol. The number of nitrogens with two attached hydrogens (primary N) is 1. The van der Waals surface area contributed by atoms with Gasteiger partial charge in [-0.3, -0.25) is 4.68 Å². The zero-order chi connectivity index (χ0) is 14.0. The SMILES string of the molecule is CCC(N)c1cnn(Cc2c(C)cc(C)cc2C)c1. The molecule has 0 saturated heterocycles. The molecule has 0 aliphatic heterocycles. The molecule has 0 aliphatic rings. The second-order valence-electron chi connectivity index (χ2n) is 5.36. The number of aromatic nitrogens is 2. The van der Waals surface area contributed by atoms with Crippen LogP contribution in [0.4, 0.5) is 0 Å². The maximum absolute atomic E-state index is 6.03. The molecule has 0 bridgehead atoms. The molecule has 3 heteroatoms. The maximum Gasteiger partial charge on any atom is 0.0664 e. The third-order valence-corrected chi connectivity index (χ3v) is 3.68. The lowest BCUT2D eigenvalue weighted by Crippen LogP contribution is -2.08. The monoisotopic (exact) mass is 257 g/mol. The summed E-state index contributed by atoms with van der Waals surface area (Å²) in [6.45, 7) is 9.37. The standard InChI is InChI=1S/C16H23N3/c1-5-16(17)14-8-18-19(9-14)10-15-12(3)6-11(2)7-13(15)4/h6-9,16H,5,10,17H2,1-4H3. The molecular weight excluding hydrogens is 234 g/mol. The first kappa shape index (κ1) is 13.8. The zero-order valence-electron chi connectivity index (χ0n) is 12.3. The minimum absolute atomic E-state index is 0.0916. The molecule has 1 aromatic heterocycles. The molecular formula is C16H23N3. The summed E-state index contributed by atoms with van der Waals surface area (Å²) in [7, 11) is 0. The summed E-state index contributed by atoms with van der Waals surface area (Å²) >= 11 is 0. The summed E-state index contributed by atoms with van der Waals surface area (Å²) < 4.78 is 1.98. The summed E-state index contributed by atoms with van der Waals surface area (Å²) in [5.74, 6) is 0. The van der Waals surface area contributed by atoms with Crippen LogP contribution in [0.2, 0.25) is 0 Å². The first-order valence-corrected chi connectivity index (χ1v) is 6.86. The molecule has 2 aromatic rings. The molecule has 0 aliphatic carbocycles. The number of aryl methyl sites for hydroxylation is 3. The van der Waals surface area contributed by atoms with Crippen molar-refractivity contribution < 1.29 is 0 Å². The van der Waals surface area contributed by atoms with Crippen LogP contribution >= 0.6 is 0 Å². The van der Waals surface area contributed by atoms with Gasteiger partial charge in [0.1, 0.15) is 0 Å². The Hall–Kier alpha value is -1.61. The van der Waals surface area contributed by atoms with Crippen molar-refractivity contribution in [2.24, 2.45) is 5.73 Å². The average molecular weight is 257 g/mol. The quantitative estimate of drug-likeness (QED) is 0.913. The topological polar surface area (TPSA) is 43.8 Å². The molecule has 0 amide bonds. The van der Waals surface area contributed by atoms with Crippen molar-refractivity contribution >= 4 is 0 Å². The summed E-state index contributed by atoms with van der Waals surface area (Å²) in [5, 5.41) is 4.42. The molecule has 102 valence electrons. The Morgan fingerprint density at radius 1 is 1.21 bits per heavy atom. The molecule has 1 atom stereocenters. The van der Waals surface area contributed by atoms with Crippen LogP contribution in [0.1, 0.15) is 47.2 Å². The van der Waals surface area contributed by atoms with Crippen LogP contribution < -0.4 is 5.73 Å². The van der Waals surface area contributed by atoms with Crippen LogP contribution in [0.3, 0.4) is 0 Å². The van der Waals surface area contributed by atoms with Crippen LogP contribution in [0.25, 0.3) is 0 Å². The Kier molecular flexibility index (Phi) is 4.05. The van der Waals surface area contributed by atoms with E-state index >= 15 is 0 Å². The number of benzene rings is 1. The minimum Gasteiger partial charge on any atom is -0.324 e. The minimum atomic E-state index is 0.0916. The second-order valence-corrected chi connectivity index (χ2v) is 5.36. The van der Waals surface area contributed by atoms with Gasteiger partial charge in [0.15, 0.2) is 0 Å². The van der Waals surface area contributed by atoms with Gasteiger partial charge in [0, 0.05) is 17.8 Å². The largest absolute Gasteiger partial charge is 0.324 e. The van der Waals surface area contributed by atoms with Gasteiger partial charge in [-0.15, -0.1) is 0 Å². The molecule has 0 fully saturated rings. The predicted octanol–water partition coefficient (Wildman–Crippen LogP) is 3.27. The third kappa shape index (κ3) is 3.04. The Balaban J connectivity index is 2.24. The molecule has 1 unspecified atom stereocenters. The van der Waals surface area contributed by atoms with Crippen molar-refractivity contribution in [1.29, 1.82) is 0 Å². The van der Waals surface area contributed by atoms with Crippen LogP contribution in [0.15, 0.2) is 24.5 Å². The summed E-state index contributed by atoms with van der Waals surface area (Å²) in [4.78, 5) is 0. The fraction of sp³-hybridized carbons (Fsp3) is 0.438. The number of nitrogens with zero attached hydrogens (tertiary/aromatic N) is 2. The highest BCUT2D eigenvalue weighted by Gasteiger charge is 2.09. The highest BCUT2D eigenvalue weighted by molar-refractivity contribution is 5.37. The second kappa shape index (κ2) is 5.57. The summed E-state index contributed by atoms with van der Waals surface area (Å²) in [6.07, 6.45) is 4.88. The molecule has 1 aromatic carbocycles. The van der Waals surface area contributed by atoms with Crippen molar-refractivity contribution in [3.8, 4) is 0 Å². The van der Waals surface area contributed by atoms with Gasteiger partial charge in [-0.25, -0.2) is 0 Å². The van der Waals surface area contributed by atoms with E-state index in [2.05, 4.69) is 51.1 Å². The van der Waals surface area contributed by atoms with E-state index in [-0.39, 0.29) is 6.04 Å². The van der Waals surface area contributed by atoms with Crippen LogP contribution in [-0.2, 0) is 6.54 Å². The summed E-state index contributed by atoms with van der Waals surface area (Å²) in [5.41, 5.74) is 12.5. The van der Waals surface area contributed by atoms with E-state index in [0.29, 0.717) is 0 Å². The first-order chi connectivity index (χ1) is 9.01. The van der Waals surface area contributed by atoms with Gasteiger partial charge >= 0.3 is 0 Å². The van der Waals surface area contributed by atoms with Gasteiger partial charge in [0.2, 0.25) is 0 Å². The molecule has 0 radical (unpaired) electrons. The molecule has 1 heterocycles. The number of rotatable bonds is 4. The smallest absolute Gasteiger partial charge is 0.0664 e. The lowest BCUT2D eigenvalue weighted by Gasteiger charge is -2.11. The van der Waals surface area contributed by atoms with E-state index < -0.39 is 0 Å². The van der Waals surface area contributed by atoms with Crippen LogP contribution in [-0.4, -0.2) is 9.78 Å². The molecule has 0 saturated carbocycles. The van der Waals surface area contributed by atoms with Gasteiger partial charge < -0.3 is 5.73 Å². The molecule has 2 rings (SSSR count). The van der Waals surface area contributed by atoms with Crippen LogP contribution in [0, 0.1) is 20.8 Å². The van der Waals surface area contributed by atoms with E-state index in [1.807, 2.05) is 10.9 Å². The normalized spacial score (nSPS) is 12.7. The molecule has 3 nitrogen and oxygen atoms in total. The molecule has 2 N–H and O–H groups in total. The Bertz CT molecular complexity index is 546. The fourth-order valence-corrected chi connectivity index (χ4v) is 2.51. The fourth-order valence-electron chi connectivity index (χ4n) is 2.51. The lowest BCUT2D eigenvalue weighted by atomic mass is 10.00. The maximum atomic E-state index is 6.03. The van der Waals surface area contributed by atoms with E-state index in [0.717, 1.165) is 18.5 Å². The lowest BCUT2D eigenvalue weighted by molar-refractivity contribution is 0.671. The van der Waals surface area contributed by atoms with Crippen molar-refractivity contribution in [1.82, 2.24) is 9.78 Å². The Morgan fingerprint density at radius 2 is 1.84 bits per heavy atom. The van der Waals surface area contributed by atoms with Gasteiger partial charge in [0.25, 0.3) is 0 Å². The van der Waals surface area contributed by atoms with E-state index in [1.165, 1.54) is 22.3 Å². The van der Waals surface area contributed by atoms with Gasteiger partial charge in [-0.2, -0.15) is 5.10 Å². The molecule has 19 heavy (non-hydrogen) atoms. The molecule has 0 spiro atoms. The summed E-state index contributed by atoms with van der Waals surface area (Å²) in [6, 6.07) is 4.55. The van der Waals surface area contributed by atoms with Crippen molar-refractivity contribution in [3.63, 3.8) is 0 Å². The van der Waals surface area contributed by atoms with Crippen molar-refractivity contribution in [3.05, 3.63) is 52.3 Å².